The summed E-state index contributed by atoms with van der Waals surface area (Å²) >= 11 is 0. The number of rotatable bonds is 7. The summed E-state index contributed by atoms with van der Waals surface area (Å²) in [5, 5.41) is 15.2. The number of hydrogen-bond donors (Lipinski definition) is 2. The Kier molecular flexibility index (Phi) is 7.51. The lowest BCUT2D eigenvalue weighted by atomic mass is 9.95. The highest BCUT2D eigenvalue weighted by molar-refractivity contribution is 7.89. The van der Waals surface area contributed by atoms with Gasteiger partial charge in [-0.25, -0.2) is 17.2 Å². The van der Waals surface area contributed by atoms with E-state index in [2.05, 4.69) is 16.1 Å². The van der Waals surface area contributed by atoms with Crippen LogP contribution in [0.2, 0.25) is 0 Å². The molecule has 6 aliphatic rings. The first kappa shape index (κ1) is 31.9. The molecule has 14 heteroatoms. The van der Waals surface area contributed by atoms with E-state index >= 15 is 12.8 Å². The minimum Gasteiger partial charge on any atom is -0.508 e. The van der Waals surface area contributed by atoms with Crippen molar-refractivity contribution in [1.29, 1.82) is 0 Å². The molecule has 2 bridgehead atoms. The summed E-state index contributed by atoms with van der Waals surface area (Å²) in [6.07, 6.45) is 10.6. The van der Waals surface area contributed by atoms with Gasteiger partial charge < -0.3 is 24.8 Å². The molecule has 5 fully saturated rings. The van der Waals surface area contributed by atoms with Crippen molar-refractivity contribution in [3.63, 3.8) is 0 Å². The van der Waals surface area contributed by atoms with Crippen LogP contribution >= 0.6 is 0 Å². The van der Waals surface area contributed by atoms with Gasteiger partial charge in [-0.1, -0.05) is 12.0 Å². The van der Waals surface area contributed by atoms with E-state index in [4.69, 9.17) is 25.9 Å². The molecule has 0 amide bonds. The van der Waals surface area contributed by atoms with E-state index in [-0.39, 0.29) is 76.1 Å². The Hall–Kier alpha value is -4.03. The van der Waals surface area contributed by atoms with E-state index in [1.807, 2.05) is 4.90 Å². The van der Waals surface area contributed by atoms with Gasteiger partial charge in [-0.3, -0.25) is 9.21 Å². The van der Waals surface area contributed by atoms with Gasteiger partial charge in [0.1, 0.15) is 24.3 Å². The first-order valence-corrected chi connectivity index (χ1v) is 18.8. The number of benzene rings is 2. The maximum absolute atomic E-state index is 15.2. The summed E-state index contributed by atoms with van der Waals surface area (Å²) in [7, 11) is -4.35. The molecule has 4 atom stereocenters. The SMILES string of the molecule is C#Cc1c(F)ccc2cc(O)cc(C3=Cc4nc(OC[C@@]56CCCN5C[C@H](F)C6)nc(N5CC6CCC(C5)N6)c4S(=O)(=O)N3CC3COC3)c12. The number of piperazine rings is 1. The lowest BCUT2D eigenvalue weighted by Gasteiger charge is -2.39. The molecule has 3 aromatic rings. The van der Waals surface area contributed by atoms with Crippen LogP contribution in [0.15, 0.2) is 29.2 Å². The van der Waals surface area contributed by atoms with Crippen molar-refractivity contribution in [2.45, 2.75) is 60.8 Å². The molecular weight excluding hydrogens is 666 g/mol. The lowest BCUT2D eigenvalue weighted by molar-refractivity contribution is -0.0348. The fourth-order valence-electron chi connectivity index (χ4n) is 8.92. The monoisotopic (exact) mass is 704 g/mol. The Labute approximate surface area is 289 Å². The summed E-state index contributed by atoms with van der Waals surface area (Å²) < 4.78 is 73.0. The standard InChI is InChI=1S/C36H38F2N6O5S/c1-2-27-29(38)7-4-22-10-26(45)11-28(32(22)27)31-12-30-33(50(46,47)44(31)14-21-18-48-19-21)34(42-16-24-5-6-25(17-42)39-24)41-35(40-30)49-20-36-8-3-9-43(36)15-23(37)13-36/h1,4,7,10-12,21,23-25,39,45H,3,5-6,8-9,13-20H2/t23-,24?,25?,36+/m1/s1. The van der Waals surface area contributed by atoms with Gasteiger partial charge >= 0.3 is 6.01 Å². The number of phenolic OH excluding ortho intramolecular Hbond substituents is 1. The number of fused-ring (bicyclic) bond motifs is 5. The molecule has 0 saturated carbocycles. The molecule has 2 aromatic carbocycles. The molecule has 0 aliphatic carbocycles. The average Bonchev–Trinajstić information content (AvgIpc) is 3.71. The number of aromatic nitrogens is 2. The number of aromatic hydroxyl groups is 1. The number of nitrogens with zero attached hydrogens (tertiary/aromatic N) is 5. The van der Waals surface area contributed by atoms with Crippen molar-refractivity contribution in [3.8, 4) is 24.1 Å². The van der Waals surface area contributed by atoms with Crippen LogP contribution < -0.4 is 15.0 Å². The normalized spacial score (nSPS) is 28.7. The first-order valence-electron chi connectivity index (χ1n) is 17.3. The largest absolute Gasteiger partial charge is 0.508 e. The number of ether oxygens (including phenoxy) is 2. The first-order chi connectivity index (χ1) is 24.1. The fourth-order valence-corrected chi connectivity index (χ4v) is 10.7. The number of halogens is 2. The van der Waals surface area contributed by atoms with Gasteiger partial charge in [0.25, 0.3) is 10.0 Å². The van der Waals surface area contributed by atoms with Crippen LogP contribution in [0, 0.1) is 24.1 Å². The van der Waals surface area contributed by atoms with Crippen LogP contribution in [0.3, 0.4) is 0 Å². The second kappa shape index (κ2) is 11.8. The third kappa shape index (κ3) is 5.12. The maximum atomic E-state index is 15.2. The quantitative estimate of drug-likeness (QED) is 0.354. The maximum Gasteiger partial charge on any atom is 0.319 e. The zero-order valence-corrected chi connectivity index (χ0v) is 28.3. The molecule has 6 aliphatic heterocycles. The highest BCUT2D eigenvalue weighted by atomic mass is 32.2. The van der Waals surface area contributed by atoms with Crippen LogP contribution in [0.5, 0.6) is 11.8 Å². The summed E-state index contributed by atoms with van der Waals surface area (Å²) in [6, 6.07) is 6.00. The summed E-state index contributed by atoms with van der Waals surface area (Å²) in [5.41, 5.74) is 0.0703. The Morgan fingerprint density at radius 2 is 1.96 bits per heavy atom. The Balaban J connectivity index is 1.23. The number of nitrogens with one attached hydrogen (secondary N) is 1. The van der Waals surface area contributed by atoms with Gasteiger partial charge in [0.2, 0.25) is 0 Å². The fraction of sp³-hybridized carbons (Fsp3) is 0.500. The molecule has 5 saturated heterocycles. The number of hydrogen-bond acceptors (Lipinski definition) is 10. The van der Waals surface area contributed by atoms with Crippen molar-refractivity contribution in [1.82, 2.24) is 24.5 Å². The van der Waals surface area contributed by atoms with E-state index in [0.29, 0.717) is 50.0 Å². The minimum atomic E-state index is -4.35. The molecule has 11 nitrogen and oxygen atoms in total. The molecule has 0 radical (unpaired) electrons. The molecule has 50 heavy (non-hydrogen) atoms. The van der Waals surface area contributed by atoms with Crippen molar-refractivity contribution in [2.24, 2.45) is 5.92 Å². The van der Waals surface area contributed by atoms with Crippen LogP contribution in [0.25, 0.3) is 22.5 Å². The van der Waals surface area contributed by atoms with Crippen molar-refractivity contribution in [2.75, 3.05) is 57.4 Å². The highest BCUT2D eigenvalue weighted by Crippen LogP contribution is 2.46. The average molecular weight is 705 g/mol. The van der Waals surface area contributed by atoms with E-state index in [9.17, 15) is 9.50 Å². The zero-order chi connectivity index (χ0) is 34.4. The smallest absolute Gasteiger partial charge is 0.319 e. The second-order valence-electron chi connectivity index (χ2n) is 14.6. The van der Waals surface area contributed by atoms with Crippen molar-refractivity contribution < 1.29 is 31.8 Å². The third-order valence-corrected chi connectivity index (χ3v) is 13.1. The number of terminal acetylenes is 1. The number of sulfonamides is 1. The van der Waals surface area contributed by atoms with Crippen molar-refractivity contribution >= 4 is 38.4 Å². The molecule has 7 heterocycles. The van der Waals surface area contributed by atoms with Gasteiger partial charge in [0.15, 0.2) is 10.7 Å². The van der Waals surface area contributed by atoms with Gasteiger partial charge in [-0.2, -0.15) is 9.97 Å². The Bertz CT molecular complexity index is 2070. The molecule has 9 rings (SSSR count). The topological polar surface area (TPSA) is 120 Å². The van der Waals surface area contributed by atoms with Crippen LogP contribution in [-0.4, -0.2) is 109 Å². The van der Waals surface area contributed by atoms with E-state index in [0.717, 1.165) is 32.2 Å². The molecule has 2 unspecified atom stereocenters. The van der Waals surface area contributed by atoms with Gasteiger partial charge in [-0.05, 0) is 61.9 Å². The molecule has 1 aromatic heterocycles. The van der Waals surface area contributed by atoms with Crippen LogP contribution in [0.1, 0.15) is 48.9 Å². The van der Waals surface area contributed by atoms with Gasteiger partial charge in [0.05, 0.1) is 35.7 Å². The van der Waals surface area contributed by atoms with Gasteiger partial charge in [0, 0.05) is 61.6 Å². The van der Waals surface area contributed by atoms with Crippen LogP contribution in [0.4, 0.5) is 14.6 Å². The number of phenols is 1. The zero-order valence-electron chi connectivity index (χ0n) is 27.4. The summed E-state index contributed by atoms with van der Waals surface area (Å²) in [5.74, 6) is 1.83. The molecular formula is C36H38F2N6O5S. The van der Waals surface area contributed by atoms with Crippen molar-refractivity contribution in [3.05, 3.63) is 46.9 Å². The second-order valence-corrected chi connectivity index (χ2v) is 16.4. The number of anilines is 1. The molecule has 0 spiro atoms. The lowest BCUT2D eigenvalue weighted by Crippen LogP contribution is -2.52. The Morgan fingerprint density at radius 1 is 1.16 bits per heavy atom. The van der Waals surface area contributed by atoms with E-state index in [1.54, 1.807) is 6.08 Å². The Morgan fingerprint density at radius 3 is 2.70 bits per heavy atom. The number of alkyl halides is 1. The highest BCUT2D eigenvalue weighted by Gasteiger charge is 2.50. The molecule has 262 valence electrons. The third-order valence-electron chi connectivity index (χ3n) is 11.3. The predicted octanol–water partition coefficient (Wildman–Crippen LogP) is 3.50. The predicted molar refractivity (Wildman–Crippen MR) is 182 cm³/mol. The molecule has 2 N–H and O–H groups in total. The van der Waals surface area contributed by atoms with E-state index < -0.39 is 27.6 Å². The van der Waals surface area contributed by atoms with Crippen LogP contribution in [-0.2, 0) is 14.8 Å². The summed E-state index contributed by atoms with van der Waals surface area (Å²) in [4.78, 5) is 13.7. The van der Waals surface area contributed by atoms with Gasteiger partial charge in [-0.15, -0.1) is 6.42 Å². The van der Waals surface area contributed by atoms with E-state index in [1.165, 1.54) is 28.6 Å². The minimum absolute atomic E-state index is 0.0101. The summed E-state index contributed by atoms with van der Waals surface area (Å²) in [6.45, 7) is 3.31.